The molecule has 0 spiro atoms. The van der Waals surface area contributed by atoms with E-state index in [0.29, 0.717) is 29.5 Å². The molecule has 102 valence electrons. The monoisotopic (exact) mass is 291 g/mol. The average molecular weight is 291 g/mol. The van der Waals surface area contributed by atoms with Crippen molar-refractivity contribution in [1.29, 1.82) is 0 Å². The van der Waals surface area contributed by atoms with Gasteiger partial charge in [0.2, 0.25) is 0 Å². The smallest absolute Gasteiger partial charge is 0.347 e. The minimum Gasteiger partial charge on any atom is -0.477 e. The van der Waals surface area contributed by atoms with Crippen molar-refractivity contribution in [1.82, 2.24) is 4.98 Å². The van der Waals surface area contributed by atoms with Gasteiger partial charge in [0.1, 0.15) is 4.88 Å². The molecule has 1 aromatic rings. The van der Waals surface area contributed by atoms with Crippen molar-refractivity contribution >= 4 is 29.1 Å². The molecule has 0 aliphatic heterocycles. The molecule has 0 saturated carbocycles. The summed E-state index contributed by atoms with van der Waals surface area (Å²) in [6.45, 7) is 6.69. The van der Waals surface area contributed by atoms with Gasteiger partial charge >= 0.3 is 5.97 Å². The Morgan fingerprint density at radius 2 is 2.06 bits per heavy atom. The molecule has 0 aliphatic rings. The molecule has 0 unspecified atom stereocenters. The molecule has 18 heavy (non-hydrogen) atoms. The minimum absolute atomic E-state index is 0.275. The molecule has 0 aromatic carbocycles. The molecule has 0 bridgehead atoms. The number of hydrogen-bond acceptors (Lipinski definition) is 6. The van der Waals surface area contributed by atoms with E-state index in [0.717, 1.165) is 4.34 Å². The fourth-order valence-corrected chi connectivity index (χ4v) is 3.29. The molecule has 0 fully saturated rings. The molecule has 1 heterocycles. The Hall–Kier alpha value is -0.630. The highest BCUT2D eigenvalue weighted by Crippen LogP contribution is 2.28. The van der Waals surface area contributed by atoms with Crippen LogP contribution < -0.4 is 0 Å². The minimum atomic E-state index is -0.928. The Kier molecular flexibility index (Phi) is 6.62. The van der Waals surface area contributed by atoms with E-state index < -0.39 is 5.97 Å². The zero-order valence-electron chi connectivity index (χ0n) is 10.6. The quantitative estimate of drug-likeness (QED) is 0.586. The number of thioether (sulfide) groups is 1. The van der Waals surface area contributed by atoms with Gasteiger partial charge in [-0.25, -0.2) is 9.78 Å². The lowest BCUT2D eigenvalue weighted by Gasteiger charge is -2.15. The third-order valence-corrected chi connectivity index (χ3v) is 4.34. The van der Waals surface area contributed by atoms with Crippen LogP contribution in [0.4, 0.5) is 0 Å². The highest BCUT2D eigenvalue weighted by atomic mass is 32.2. The van der Waals surface area contributed by atoms with Crippen molar-refractivity contribution in [3.8, 4) is 0 Å². The van der Waals surface area contributed by atoms with Gasteiger partial charge in [-0.15, -0.1) is 11.3 Å². The molecule has 1 aromatic heterocycles. The summed E-state index contributed by atoms with van der Waals surface area (Å²) >= 11 is 2.64. The van der Waals surface area contributed by atoms with E-state index in [-0.39, 0.29) is 6.29 Å². The molecule has 0 amide bonds. The van der Waals surface area contributed by atoms with E-state index >= 15 is 0 Å². The number of carboxylic acids is 1. The standard InChI is InChI=1S/C11H17NO4S2/c1-4-15-8(16-5-2)6-17-11-12-7(3)9(18-11)10(13)14/h8H,4-6H2,1-3H3,(H,13,14). The fraction of sp³-hybridized carbons (Fsp3) is 0.636. The van der Waals surface area contributed by atoms with Crippen molar-refractivity contribution in [2.45, 2.75) is 31.4 Å². The maximum atomic E-state index is 10.9. The summed E-state index contributed by atoms with van der Waals surface area (Å²) in [5.74, 6) is -0.323. The van der Waals surface area contributed by atoms with Crippen LogP contribution in [-0.4, -0.2) is 41.3 Å². The van der Waals surface area contributed by atoms with Gasteiger partial charge in [-0.1, -0.05) is 11.8 Å². The number of ether oxygens (including phenoxy) is 2. The second-order valence-corrected chi connectivity index (χ2v) is 5.62. The maximum absolute atomic E-state index is 10.9. The first-order valence-corrected chi connectivity index (χ1v) is 7.45. The second kappa shape index (κ2) is 7.73. The van der Waals surface area contributed by atoms with Gasteiger partial charge in [-0.2, -0.15) is 0 Å². The first-order chi connectivity index (χ1) is 8.58. The van der Waals surface area contributed by atoms with E-state index in [1.807, 2.05) is 13.8 Å². The zero-order valence-corrected chi connectivity index (χ0v) is 12.3. The molecule has 0 aliphatic carbocycles. The van der Waals surface area contributed by atoms with Crippen molar-refractivity contribution in [2.24, 2.45) is 0 Å². The van der Waals surface area contributed by atoms with Crippen LogP contribution in [0.25, 0.3) is 0 Å². The summed E-state index contributed by atoms with van der Waals surface area (Å²) in [4.78, 5) is 15.4. The molecular weight excluding hydrogens is 274 g/mol. The van der Waals surface area contributed by atoms with E-state index in [4.69, 9.17) is 14.6 Å². The van der Waals surface area contributed by atoms with Crippen LogP contribution in [0, 0.1) is 6.92 Å². The highest BCUT2D eigenvalue weighted by Gasteiger charge is 2.16. The average Bonchev–Trinajstić information content (AvgIpc) is 2.68. The van der Waals surface area contributed by atoms with E-state index in [1.54, 1.807) is 6.92 Å². The molecule has 0 radical (unpaired) electrons. The summed E-state index contributed by atoms with van der Waals surface area (Å²) < 4.78 is 11.5. The molecule has 1 rings (SSSR count). The number of aromatic nitrogens is 1. The first-order valence-electron chi connectivity index (χ1n) is 5.65. The SMILES string of the molecule is CCOC(CSc1nc(C)c(C(=O)O)s1)OCC. The Labute approximate surface area is 115 Å². The Bertz CT molecular complexity index is 388. The maximum Gasteiger partial charge on any atom is 0.347 e. The predicted molar refractivity (Wildman–Crippen MR) is 71.6 cm³/mol. The van der Waals surface area contributed by atoms with Crippen molar-refractivity contribution in [3.63, 3.8) is 0 Å². The first kappa shape index (κ1) is 15.4. The molecule has 0 saturated heterocycles. The molecule has 7 heteroatoms. The summed E-state index contributed by atoms with van der Waals surface area (Å²) in [7, 11) is 0. The van der Waals surface area contributed by atoms with Crippen molar-refractivity contribution < 1.29 is 19.4 Å². The number of hydrogen-bond donors (Lipinski definition) is 1. The molecule has 5 nitrogen and oxygen atoms in total. The summed E-state index contributed by atoms with van der Waals surface area (Å²) in [5.41, 5.74) is 0.555. The van der Waals surface area contributed by atoms with Gasteiger partial charge in [0, 0.05) is 13.2 Å². The third-order valence-electron chi connectivity index (χ3n) is 2.02. The summed E-state index contributed by atoms with van der Waals surface area (Å²) in [6, 6.07) is 0. The second-order valence-electron chi connectivity index (χ2n) is 3.35. The van der Waals surface area contributed by atoms with Gasteiger partial charge in [0.25, 0.3) is 0 Å². The van der Waals surface area contributed by atoms with Crippen LogP contribution in [0.15, 0.2) is 4.34 Å². The summed E-state index contributed by atoms with van der Waals surface area (Å²) in [6.07, 6.45) is -0.275. The van der Waals surface area contributed by atoms with Gasteiger partial charge in [0.05, 0.1) is 11.4 Å². The lowest BCUT2D eigenvalue weighted by molar-refractivity contribution is -0.120. The van der Waals surface area contributed by atoms with E-state index in [1.165, 1.54) is 23.1 Å². The van der Waals surface area contributed by atoms with Crippen molar-refractivity contribution in [3.05, 3.63) is 10.6 Å². The number of thiazole rings is 1. The Balaban J connectivity index is 2.56. The summed E-state index contributed by atoms with van der Waals surface area (Å²) in [5, 5.41) is 8.94. The highest BCUT2D eigenvalue weighted by molar-refractivity contribution is 8.01. The Morgan fingerprint density at radius 1 is 1.44 bits per heavy atom. The fourth-order valence-electron chi connectivity index (χ4n) is 1.29. The largest absolute Gasteiger partial charge is 0.477 e. The molecule has 1 N–H and O–H groups in total. The lowest BCUT2D eigenvalue weighted by atomic mass is 10.4. The van der Waals surface area contributed by atoms with Gasteiger partial charge in [-0.3, -0.25) is 0 Å². The van der Waals surface area contributed by atoms with Gasteiger partial charge in [-0.05, 0) is 20.8 Å². The topological polar surface area (TPSA) is 68.7 Å². The molecule has 0 atom stereocenters. The third kappa shape index (κ3) is 4.56. The van der Waals surface area contributed by atoms with Crippen LogP contribution in [0.3, 0.4) is 0 Å². The zero-order chi connectivity index (χ0) is 13.5. The van der Waals surface area contributed by atoms with Crippen LogP contribution in [0.5, 0.6) is 0 Å². The Morgan fingerprint density at radius 3 is 2.50 bits per heavy atom. The normalized spacial score (nSPS) is 11.1. The van der Waals surface area contributed by atoms with Crippen molar-refractivity contribution in [2.75, 3.05) is 19.0 Å². The van der Waals surface area contributed by atoms with Crippen LogP contribution in [0.1, 0.15) is 29.2 Å². The van der Waals surface area contributed by atoms with Crippen LogP contribution in [-0.2, 0) is 9.47 Å². The number of rotatable bonds is 8. The van der Waals surface area contributed by atoms with E-state index in [2.05, 4.69) is 4.98 Å². The number of nitrogens with zero attached hydrogens (tertiary/aromatic N) is 1. The number of aromatic carboxylic acids is 1. The number of carboxylic acid groups (broad SMARTS) is 1. The van der Waals surface area contributed by atoms with Gasteiger partial charge < -0.3 is 14.6 Å². The van der Waals surface area contributed by atoms with Crippen LogP contribution >= 0.6 is 23.1 Å². The number of aryl methyl sites for hydroxylation is 1. The molecular formula is C11H17NO4S2. The van der Waals surface area contributed by atoms with Crippen LogP contribution in [0.2, 0.25) is 0 Å². The predicted octanol–water partition coefficient (Wildman–Crippen LogP) is 2.64. The van der Waals surface area contributed by atoms with Gasteiger partial charge in [0.15, 0.2) is 10.6 Å². The lowest BCUT2D eigenvalue weighted by Crippen LogP contribution is -2.19. The van der Waals surface area contributed by atoms with E-state index in [9.17, 15) is 4.79 Å². The number of carbonyl (C=O) groups is 1.